The lowest BCUT2D eigenvalue weighted by molar-refractivity contribution is 0.443. The molecule has 3 heteroatoms. The Labute approximate surface area is 74.1 Å². The van der Waals surface area contributed by atoms with Crippen molar-refractivity contribution in [3.05, 3.63) is 16.8 Å². The number of rotatable bonds is 1. The number of oxazole rings is 1. The lowest BCUT2D eigenvalue weighted by Gasteiger charge is -2.01. The van der Waals surface area contributed by atoms with Crippen LogP contribution >= 0.6 is 15.9 Å². The van der Waals surface area contributed by atoms with Gasteiger partial charge in [-0.15, -0.1) is 0 Å². The van der Waals surface area contributed by atoms with E-state index in [0.29, 0.717) is 10.7 Å². The van der Waals surface area contributed by atoms with E-state index in [1.165, 1.54) is 25.7 Å². The zero-order valence-electron chi connectivity index (χ0n) is 6.22. The molecule has 0 aliphatic heterocycles. The predicted octanol–water partition coefficient (Wildman–Crippen LogP) is 3.09. The van der Waals surface area contributed by atoms with Crippen LogP contribution in [0.25, 0.3) is 0 Å². The van der Waals surface area contributed by atoms with E-state index in [1.54, 1.807) is 0 Å². The highest BCUT2D eigenvalue weighted by Crippen LogP contribution is 2.34. The minimum absolute atomic E-state index is 0.611. The van der Waals surface area contributed by atoms with Gasteiger partial charge in [-0.25, -0.2) is 4.98 Å². The molecule has 0 amide bonds. The van der Waals surface area contributed by atoms with Crippen LogP contribution in [0.1, 0.15) is 37.4 Å². The second kappa shape index (κ2) is 2.97. The Morgan fingerprint density at radius 2 is 2.18 bits per heavy atom. The molecule has 0 radical (unpaired) electrons. The molecular formula is C8H10BrNO. The Kier molecular flexibility index (Phi) is 1.98. The smallest absolute Gasteiger partial charge is 0.264 e. The summed E-state index contributed by atoms with van der Waals surface area (Å²) in [6.07, 6.45) is 7.04. The summed E-state index contributed by atoms with van der Waals surface area (Å²) < 4.78 is 5.37. The molecule has 0 N–H and O–H groups in total. The second-order valence-electron chi connectivity index (χ2n) is 3.00. The summed E-state index contributed by atoms with van der Waals surface area (Å²) >= 11 is 3.20. The number of halogens is 1. The molecule has 1 aliphatic carbocycles. The molecular weight excluding hydrogens is 206 g/mol. The number of nitrogens with zero attached hydrogens (tertiary/aromatic N) is 1. The maximum Gasteiger partial charge on any atom is 0.264 e. The molecule has 2 rings (SSSR count). The molecule has 0 bridgehead atoms. The molecule has 0 aromatic carbocycles. The minimum Gasteiger partial charge on any atom is -0.436 e. The fourth-order valence-electron chi connectivity index (χ4n) is 1.66. The molecule has 1 saturated carbocycles. The zero-order valence-corrected chi connectivity index (χ0v) is 7.80. The summed E-state index contributed by atoms with van der Waals surface area (Å²) in [6.45, 7) is 0. The largest absolute Gasteiger partial charge is 0.436 e. The highest BCUT2D eigenvalue weighted by atomic mass is 79.9. The highest BCUT2D eigenvalue weighted by molar-refractivity contribution is 9.10. The Morgan fingerprint density at radius 3 is 2.73 bits per heavy atom. The van der Waals surface area contributed by atoms with E-state index in [4.69, 9.17) is 4.42 Å². The fourth-order valence-corrected chi connectivity index (χ4v) is 1.95. The van der Waals surface area contributed by atoms with Gasteiger partial charge in [0.1, 0.15) is 5.76 Å². The Hall–Kier alpha value is -0.310. The molecule has 1 aliphatic rings. The molecule has 11 heavy (non-hydrogen) atoms. The summed E-state index contributed by atoms with van der Waals surface area (Å²) in [4.78, 5) is 4.62. The summed E-state index contributed by atoms with van der Waals surface area (Å²) in [6, 6.07) is 0. The Balaban J connectivity index is 2.15. The topological polar surface area (TPSA) is 26.0 Å². The molecule has 0 unspecified atom stereocenters. The van der Waals surface area contributed by atoms with Gasteiger partial charge < -0.3 is 4.42 Å². The van der Waals surface area contributed by atoms with Crippen molar-refractivity contribution in [2.75, 3.05) is 0 Å². The van der Waals surface area contributed by atoms with Crippen LogP contribution in [-0.2, 0) is 0 Å². The third-order valence-electron chi connectivity index (χ3n) is 2.25. The summed E-state index contributed by atoms with van der Waals surface area (Å²) in [7, 11) is 0. The lowest BCUT2D eigenvalue weighted by atomic mass is 10.1. The van der Waals surface area contributed by atoms with Crippen molar-refractivity contribution in [1.82, 2.24) is 4.98 Å². The first kappa shape index (κ1) is 7.35. The standard InChI is InChI=1S/C8H10BrNO/c9-8-10-5-7(11-8)6-3-1-2-4-6/h5-6H,1-4H2. The molecule has 2 nitrogen and oxygen atoms in total. The van der Waals surface area contributed by atoms with Crippen LogP contribution in [0, 0.1) is 0 Å². The van der Waals surface area contributed by atoms with Gasteiger partial charge in [-0.05, 0) is 12.8 Å². The van der Waals surface area contributed by atoms with E-state index in [2.05, 4.69) is 20.9 Å². The van der Waals surface area contributed by atoms with Gasteiger partial charge >= 0.3 is 0 Å². The molecule has 0 spiro atoms. The maximum absolute atomic E-state index is 5.37. The molecule has 1 aromatic rings. The van der Waals surface area contributed by atoms with Gasteiger partial charge in [0.25, 0.3) is 4.80 Å². The quantitative estimate of drug-likeness (QED) is 0.720. The van der Waals surface area contributed by atoms with Crippen LogP contribution in [0.5, 0.6) is 0 Å². The van der Waals surface area contributed by atoms with Crippen molar-refractivity contribution in [3.63, 3.8) is 0 Å². The fraction of sp³-hybridized carbons (Fsp3) is 0.625. The zero-order chi connectivity index (χ0) is 7.68. The Morgan fingerprint density at radius 1 is 1.45 bits per heavy atom. The van der Waals surface area contributed by atoms with Crippen LogP contribution in [-0.4, -0.2) is 4.98 Å². The molecule has 0 saturated heterocycles. The van der Waals surface area contributed by atoms with Gasteiger partial charge in [-0.3, -0.25) is 0 Å². The number of hydrogen-bond donors (Lipinski definition) is 0. The number of hydrogen-bond acceptors (Lipinski definition) is 2. The summed E-state index contributed by atoms with van der Waals surface area (Å²) in [5.41, 5.74) is 0. The van der Waals surface area contributed by atoms with E-state index >= 15 is 0 Å². The SMILES string of the molecule is Brc1ncc(C2CCCC2)o1. The molecule has 60 valence electrons. The number of aromatic nitrogens is 1. The Bertz CT molecular complexity index is 240. The average Bonchev–Trinajstić information content (AvgIpc) is 2.55. The highest BCUT2D eigenvalue weighted by Gasteiger charge is 2.20. The van der Waals surface area contributed by atoms with Crippen molar-refractivity contribution < 1.29 is 4.42 Å². The van der Waals surface area contributed by atoms with Crippen LogP contribution < -0.4 is 0 Å². The van der Waals surface area contributed by atoms with Gasteiger partial charge in [0.05, 0.1) is 6.20 Å². The molecule has 1 aromatic heterocycles. The van der Waals surface area contributed by atoms with Crippen molar-refractivity contribution in [2.45, 2.75) is 31.6 Å². The van der Waals surface area contributed by atoms with Crippen molar-refractivity contribution in [2.24, 2.45) is 0 Å². The van der Waals surface area contributed by atoms with E-state index in [1.807, 2.05) is 6.20 Å². The predicted molar refractivity (Wildman–Crippen MR) is 45.4 cm³/mol. The molecule has 0 atom stereocenters. The van der Waals surface area contributed by atoms with Gasteiger partial charge in [0.2, 0.25) is 0 Å². The minimum atomic E-state index is 0.611. The monoisotopic (exact) mass is 215 g/mol. The first-order chi connectivity index (χ1) is 5.36. The van der Waals surface area contributed by atoms with Gasteiger partial charge in [0, 0.05) is 21.8 Å². The average molecular weight is 216 g/mol. The second-order valence-corrected chi connectivity index (χ2v) is 3.68. The lowest BCUT2D eigenvalue weighted by Crippen LogP contribution is -1.87. The third kappa shape index (κ3) is 1.48. The third-order valence-corrected chi connectivity index (χ3v) is 2.62. The first-order valence-corrected chi connectivity index (χ1v) is 4.77. The molecule has 1 heterocycles. The van der Waals surface area contributed by atoms with Crippen LogP contribution in [0.4, 0.5) is 0 Å². The van der Waals surface area contributed by atoms with Crippen LogP contribution in [0.2, 0.25) is 0 Å². The van der Waals surface area contributed by atoms with Gasteiger partial charge in [0.15, 0.2) is 0 Å². The van der Waals surface area contributed by atoms with Crippen LogP contribution in [0.3, 0.4) is 0 Å². The van der Waals surface area contributed by atoms with Crippen molar-refractivity contribution in [1.29, 1.82) is 0 Å². The normalized spacial score (nSPS) is 19.4. The van der Waals surface area contributed by atoms with Crippen LogP contribution in [0.15, 0.2) is 15.4 Å². The van der Waals surface area contributed by atoms with Crippen molar-refractivity contribution >= 4 is 15.9 Å². The summed E-state index contributed by atoms with van der Waals surface area (Å²) in [5, 5.41) is 0. The maximum atomic E-state index is 5.37. The first-order valence-electron chi connectivity index (χ1n) is 3.97. The molecule has 1 fully saturated rings. The summed E-state index contributed by atoms with van der Waals surface area (Å²) in [5.74, 6) is 1.68. The van der Waals surface area contributed by atoms with E-state index in [9.17, 15) is 0 Å². The van der Waals surface area contributed by atoms with Gasteiger partial charge in [-0.2, -0.15) is 0 Å². The van der Waals surface area contributed by atoms with Crippen molar-refractivity contribution in [3.8, 4) is 0 Å². The van der Waals surface area contributed by atoms with E-state index in [0.717, 1.165) is 5.76 Å². The van der Waals surface area contributed by atoms with E-state index in [-0.39, 0.29) is 0 Å². The van der Waals surface area contributed by atoms with E-state index < -0.39 is 0 Å². The van der Waals surface area contributed by atoms with Gasteiger partial charge in [-0.1, -0.05) is 12.8 Å².